The number of hydrogen-bond donors (Lipinski definition) is 0. The Morgan fingerprint density at radius 2 is 2.00 bits per heavy atom. The van der Waals surface area contributed by atoms with Crippen molar-refractivity contribution < 1.29 is 4.79 Å². The molecule has 0 aliphatic heterocycles. The topological polar surface area (TPSA) is 33.2 Å². The quantitative estimate of drug-likeness (QED) is 0.808. The molecule has 4 heteroatoms. The first kappa shape index (κ1) is 14.5. The molecule has 104 valence electrons. The van der Waals surface area contributed by atoms with Crippen molar-refractivity contribution in [2.75, 3.05) is 7.05 Å². The van der Waals surface area contributed by atoms with Crippen LogP contribution in [-0.4, -0.2) is 22.8 Å². The van der Waals surface area contributed by atoms with Crippen LogP contribution in [0.25, 0.3) is 0 Å². The van der Waals surface area contributed by atoms with E-state index in [1.165, 1.54) is 11.1 Å². The van der Waals surface area contributed by atoms with Crippen molar-refractivity contribution in [2.45, 2.75) is 20.4 Å². The summed E-state index contributed by atoms with van der Waals surface area (Å²) in [5.74, 6) is -0.0609. The number of hydrogen-bond acceptors (Lipinski definition) is 2. The number of benzene rings is 1. The average Bonchev–Trinajstić information content (AvgIpc) is 2.41. The predicted octanol–water partition coefficient (Wildman–Crippen LogP) is 3.62. The van der Waals surface area contributed by atoms with Crippen molar-refractivity contribution in [1.29, 1.82) is 0 Å². The first-order chi connectivity index (χ1) is 9.47. The fourth-order valence-corrected chi connectivity index (χ4v) is 2.28. The molecule has 1 aromatic heterocycles. The van der Waals surface area contributed by atoms with Gasteiger partial charge in [-0.1, -0.05) is 35.4 Å². The van der Waals surface area contributed by atoms with Crippen LogP contribution in [0.3, 0.4) is 0 Å². The first-order valence-electron chi connectivity index (χ1n) is 6.40. The summed E-state index contributed by atoms with van der Waals surface area (Å²) in [5, 5.41) is 0.329. The number of amides is 1. The van der Waals surface area contributed by atoms with Crippen molar-refractivity contribution in [3.8, 4) is 0 Å². The van der Waals surface area contributed by atoms with Gasteiger partial charge in [0.1, 0.15) is 5.15 Å². The van der Waals surface area contributed by atoms with Crippen LogP contribution in [0.1, 0.15) is 27.0 Å². The van der Waals surface area contributed by atoms with Crippen LogP contribution in [-0.2, 0) is 6.54 Å². The van der Waals surface area contributed by atoms with E-state index >= 15 is 0 Å². The molecule has 1 aromatic carbocycles. The van der Waals surface area contributed by atoms with Gasteiger partial charge >= 0.3 is 0 Å². The van der Waals surface area contributed by atoms with Gasteiger partial charge in [0, 0.05) is 25.4 Å². The third kappa shape index (κ3) is 3.36. The highest BCUT2D eigenvalue weighted by atomic mass is 35.5. The lowest BCUT2D eigenvalue weighted by Gasteiger charge is -2.19. The third-order valence-corrected chi connectivity index (χ3v) is 3.43. The number of halogens is 1. The summed E-state index contributed by atoms with van der Waals surface area (Å²) in [6.07, 6.45) is 1.54. The highest BCUT2D eigenvalue weighted by Crippen LogP contribution is 2.15. The SMILES string of the molecule is Cc1ccc(CN(C)C(=O)c2ccnc(Cl)c2)c(C)c1. The zero-order valence-electron chi connectivity index (χ0n) is 11.9. The zero-order valence-corrected chi connectivity index (χ0v) is 12.6. The lowest BCUT2D eigenvalue weighted by molar-refractivity contribution is 0.0785. The molecule has 0 unspecified atom stereocenters. The minimum atomic E-state index is -0.0609. The van der Waals surface area contributed by atoms with Gasteiger partial charge in [0.15, 0.2) is 0 Å². The van der Waals surface area contributed by atoms with E-state index in [0.717, 1.165) is 5.56 Å². The highest BCUT2D eigenvalue weighted by molar-refractivity contribution is 6.29. The number of pyridine rings is 1. The van der Waals surface area contributed by atoms with Gasteiger partial charge < -0.3 is 4.90 Å². The maximum absolute atomic E-state index is 12.3. The van der Waals surface area contributed by atoms with Gasteiger partial charge in [-0.2, -0.15) is 0 Å². The lowest BCUT2D eigenvalue weighted by Crippen LogP contribution is -2.26. The molecule has 3 nitrogen and oxygen atoms in total. The van der Waals surface area contributed by atoms with E-state index in [0.29, 0.717) is 17.3 Å². The van der Waals surface area contributed by atoms with Crippen molar-refractivity contribution in [3.63, 3.8) is 0 Å². The standard InChI is InChI=1S/C16H17ClN2O/c1-11-4-5-14(12(2)8-11)10-19(3)16(20)13-6-7-18-15(17)9-13/h4-9H,10H2,1-3H3. The molecule has 0 saturated heterocycles. The highest BCUT2D eigenvalue weighted by Gasteiger charge is 2.13. The Morgan fingerprint density at radius 1 is 1.25 bits per heavy atom. The van der Waals surface area contributed by atoms with Gasteiger partial charge in [0.25, 0.3) is 5.91 Å². The first-order valence-corrected chi connectivity index (χ1v) is 6.78. The van der Waals surface area contributed by atoms with E-state index in [1.54, 1.807) is 30.3 Å². The van der Waals surface area contributed by atoms with Crippen LogP contribution in [0.15, 0.2) is 36.5 Å². The minimum absolute atomic E-state index is 0.0609. The van der Waals surface area contributed by atoms with Crippen LogP contribution < -0.4 is 0 Å². The van der Waals surface area contributed by atoms with Gasteiger partial charge in [-0.15, -0.1) is 0 Å². The van der Waals surface area contributed by atoms with E-state index in [-0.39, 0.29) is 5.91 Å². The summed E-state index contributed by atoms with van der Waals surface area (Å²) >= 11 is 5.81. The Balaban J connectivity index is 2.15. The van der Waals surface area contributed by atoms with Crippen molar-refractivity contribution in [2.24, 2.45) is 0 Å². The molecule has 0 fully saturated rings. The molecule has 1 amide bonds. The molecule has 1 heterocycles. The van der Waals surface area contributed by atoms with Gasteiger partial charge in [0.2, 0.25) is 0 Å². The number of aromatic nitrogens is 1. The van der Waals surface area contributed by atoms with Crippen LogP contribution in [0, 0.1) is 13.8 Å². The lowest BCUT2D eigenvalue weighted by atomic mass is 10.1. The van der Waals surface area contributed by atoms with E-state index in [4.69, 9.17) is 11.6 Å². The minimum Gasteiger partial charge on any atom is -0.337 e. The number of carbonyl (C=O) groups is 1. The fraction of sp³-hybridized carbons (Fsp3) is 0.250. The summed E-state index contributed by atoms with van der Waals surface area (Å²) in [7, 11) is 1.79. The molecule has 0 radical (unpaired) electrons. The second kappa shape index (κ2) is 6.06. The summed E-state index contributed by atoms with van der Waals surface area (Å²) in [5.41, 5.74) is 4.11. The molecular weight excluding hydrogens is 272 g/mol. The summed E-state index contributed by atoms with van der Waals surface area (Å²) in [4.78, 5) is 17.9. The van der Waals surface area contributed by atoms with Crippen molar-refractivity contribution in [3.05, 3.63) is 63.9 Å². The van der Waals surface area contributed by atoms with Gasteiger partial charge in [0.05, 0.1) is 0 Å². The zero-order chi connectivity index (χ0) is 14.7. The van der Waals surface area contributed by atoms with E-state index in [1.807, 2.05) is 0 Å². The molecular formula is C16H17ClN2O. The Labute approximate surface area is 124 Å². The van der Waals surface area contributed by atoms with Crippen molar-refractivity contribution in [1.82, 2.24) is 9.88 Å². The van der Waals surface area contributed by atoms with Crippen LogP contribution in [0.5, 0.6) is 0 Å². The summed E-state index contributed by atoms with van der Waals surface area (Å²) < 4.78 is 0. The predicted molar refractivity (Wildman–Crippen MR) is 81.0 cm³/mol. The maximum atomic E-state index is 12.3. The van der Waals surface area contributed by atoms with E-state index in [9.17, 15) is 4.79 Å². The number of carbonyl (C=O) groups excluding carboxylic acids is 1. The van der Waals surface area contributed by atoms with Crippen molar-refractivity contribution >= 4 is 17.5 Å². The molecule has 0 saturated carbocycles. The molecule has 20 heavy (non-hydrogen) atoms. The largest absolute Gasteiger partial charge is 0.337 e. The number of rotatable bonds is 3. The number of nitrogens with zero attached hydrogens (tertiary/aromatic N) is 2. The smallest absolute Gasteiger partial charge is 0.254 e. The van der Waals surface area contributed by atoms with E-state index < -0.39 is 0 Å². The molecule has 0 bridgehead atoms. The molecule has 0 aliphatic carbocycles. The van der Waals surface area contributed by atoms with E-state index in [2.05, 4.69) is 37.0 Å². The summed E-state index contributed by atoms with van der Waals surface area (Å²) in [6, 6.07) is 9.50. The molecule has 0 atom stereocenters. The van der Waals surface area contributed by atoms with Gasteiger partial charge in [-0.05, 0) is 37.1 Å². The summed E-state index contributed by atoms with van der Waals surface area (Å²) in [6.45, 7) is 4.69. The molecule has 2 aromatic rings. The monoisotopic (exact) mass is 288 g/mol. The van der Waals surface area contributed by atoms with Gasteiger partial charge in [-0.3, -0.25) is 4.79 Å². The Bertz CT molecular complexity index is 640. The van der Waals surface area contributed by atoms with Gasteiger partial charge in [-0.25, -0.2) is 4.98 Å². The maximum Gasteiger partial charge on any atom is 0.254 e. The second-order valence-electron chi connectivity index (χ2n) is 4.96. The molecule has 0 aliphatic rings. The Hall–Kier alpha value is -1.87. The van der Waals surface area contributed by atoms with Crippen LogP contribution in [0.2, 0.25) is 5.15 Å². The molecule has 2 rings (SSSR count). The normalized spacial score (nSPS) is 10.4. The second-order valence-corrected chi connectivity index (χ2v) is 5.35. The Morgan fingerprint density at radius 3 is 2.65 bits per heavy atom. The molecule has 0 N–H and O–H groups in total. The average molecular weight is 289 g/mol. The Kier molecular flexibility index (Phi) is 4.40. The van der Waals surface area contributed by atoms with Crippen LogP contribution >= 0.6 is 11.6 Å². The van der Waals surface area contributed by atoms with Crippen LogP contribution in [0.4, 0.5) is 0 Å². The molecule has 0 spiro atoms. The third-order valence-electron chi connectivity index (χ3n) is 3.23. The number of aryl methyl sites for hydroxylation is 2. The fourth-order valence-electron chi connectivity index (χ4n) is 2.11.